The normalized spacial score (nSPS) is 11.8. The van der Waals surface area contributed by atoms with Crippen LogP contribution in [0, 0.1) is 27.7 Å². The molecule has 21 heavy (non-hydrogen) atoms. The number of carboxylic acid groups (broad SMARTS) is 1. The van der Waals surface area contributed by atoms with Crippen LogP contribution >= 0.6 is 0 Å². The van der Waals surface area contributed by atoms with Gasteiger partial charge in [0, 0.05) is 6.54 Å². The van der Waals surface area contributed by atoms with Crippen LogP contribution in [0.25, 0.3) is 0 Å². The molecule has 0 aliphatic carbocycles. The number of halogens is 2. The molecule has 0 bridgehead atoms. The number of hydrogen-bond acceptors (Lipinski definition) is 4. The zero-order chi connectivity index (χ0) is 16.2. The SMILES string of the molecule is CCC(CNC(=O)c1cc(F)c(F)cc1[N+](=O)[O-])C(=O)O. The number of benzene rings is 1. The maximum absolute atomic E-state index is 13.1. The average Bonchev–Trinajstić information content (AvgIpc) is 2.41. The van der Waals surface area contributed by atoms with Crippen molar-refractivity contribution in [2.75, 3.05) is 6.54 Å². The number of carbonyl (C=O) groups is 2. The van der Waals surface area contributed by atoms with Crippen LogP contribution < -0.4 is 5.32 Å². The topological polar surface area (TPSA) is 110 Å². The summed E-state index contributed by atoms with van der Waals surface area (Å²) in [6.07, 6.45) is 0.232. The van der Waals surface area contributed by atoms with Crippen LogP contribution in [0.15, 0.2) is 12.1 Å². The van der Waals surface area contributed by atoms with Crippen molar-refractivity contribution >= 4 is 17.6 Å². The summed E-state index contributed by atoms with van der Waals surface area (Å²) in [5.41, 5.74) is -1.56. The summed E-state index contributed by atoms with van der Waals surface area (Å²) < 4.78 is 26.1. The minimum absolute atomic E-state index is 0.232. The Hall–Kier alpha value is -2.58. The van der Waals surface area contributed by atoms with Crippen molar-refractivity contribution in [2.24, 2.45) is 5.92 Å². The first-order chi connectivity index (χ1) is 9.77. The van der Waals surface area contributed by atoms with Gasteiger partial charge < -0.3 is 10.4 Å². The summed E-state index contributed by atoms with van der Waals surface area (Å²) in [5, 5.41) is 21.7. The zero-order valence-electron chi connectivity index (χ0n) is 10.9. The van der Waals surface area contributed by atoms with Gasteiger partial charge in [-0.15, -0.1) is 0 Å². The second-order valence-corrected chi connectivity index (χ2v) is 4.19. The zero-order valence-corrected chi connectivity index (χ0v) is 10.9. The Morgan fingerprint density at radius 1 is 1.38 bits per heavy atom. The van der Waals surface area contributed by atoms with E-state index in [1.165, 1.54) is 0 Å². The molecule has 7 nitrogen and oxygen atoms in total. The van der Waals surface area contributed by atoms with Gasteiger partial charge in [0.15, 0.2) is 11.6 Å². The van der Waals surface area contributed by atoms with Gasteiger partial charge in [0.05, 0.1) is 16.9 Å². The first-order valence-corrected chi connectivity index (χ1v) is 5.92. The number of rotatable bonds is 6. The Labute approximate surface area is 117 Å². The fourth-order valence-electron chi connectivity index (χ4n) is 1.59. The fraction of sp³-hybridized carbons (Fsp3) is 0.333. The molecule has 1 amide bonds. The first-order valence-electron chi connectivity index (χ1n) is 5.92. The number of nitro benzene ring substituents is 1. The van der Waals surface area contributed by atoms with Gasteiger partial charge in [-0.05, 0) is 12.5 Å². The third-order valence-corrected chi connectivity index (χ3v) is 2.83. The summed E-state index contributed by atoms with van der Waals surface area (Å²) in [6, 6.07) is 0.712. The molecule has 0 spiro atoms. The third kappa shape index (κ3) is 3.94. The predicted octanol–water partition coefficient (Wildman–Crippen LogP) is 1.71. The lowest BCUT2D eigenvalue weighted by Gasteiger charge is -2.11. The number of nitro groups is 1. The van der Waals surface area contributed by atoms with Crippen molar-refractivity contribution in [3.63, 3.8) is 0 Å². The largest absolute Gasteiger partial charge is 0.481 e. The van der Waals surface area contributed by atoms with E-state index in [0.29, 0.717) is 12.1 Å². The molecule has 1 aromatic rings. The number of nitrogens with zero attached hydrogens (tertiary/aromatic N) is 1. The number of amides is 1. The molecule has 114 valence electrons. The van der Waals surface area contributed by atoms with Crippen LogP contribution in [0.5, 0.6) is 0 Å². The molecule has 0 saturated carbocycles. The van der Waals surface area contributed by atoms with Crippen LogP contribution in [0.3, 0.4) is 0 Å². The van der Waals surface area contributed by atoms with Crippen molar-refractivity contribution in [2.45, 2.75) is 13.3 Å². The number of nitrogens with one attached hydrogen (secondary N) is 1. The Bertz CT molecular complexity index is 591. The van der Waals surface area contributed by atoms with Crippen LogP contribution in [-0.2, 0) is 4.79 Å². The molecule has 0 saturated heterocycles. The molecule has 0 heterocycles. The molecule has 1 rings (SSSR count). The summed E-state index contributed by atoms with van der Waals surface area (Å²) in [4.78, 5) is 32.3. The summed E-state index contributed by atoms with van der Waals surface area (Å²) in [6.45, 7) is 1.31. The fourth-order valence-corrected chi connectivity index (χ4v) is 1.59. The minimum atomic E-state index is -1.45. The van der Waals surface area contributed by atoms with E-state index in [0.717, 1.165) is 0 Å². The van der Waals surface area contributed by atoms with Gasteiger partial charge in [0.1, 0.15) is 5.56 Å². The summed E-state index contributed by atoms with van der Waals surface area (Å²) >= 11 is 0. The molecule has 0 aliphatic heterocycles. The first kappa shape index (κ1) is 16.5. The van der Waals surface area contributed by atoms with Crippen molar-refractivity contribution in [3.8, 4) is 0 Å². The van der Waals surface area contributed by atoms with Gasteiger partial charge in [-0.25, -0.2) is 8.78 Å². The van der Waals surface area contributed by atoms with Crippen LogP contribution in [-0.4, -0.2) is 28.5 Å². The Morgan fingerprint density at radius 3 is 2.43 bits per heavy atom. The van der Waals surface area contributed by atoms with Gasteiger partial charge >= 0.3 is 5.97 Å². The molecule has 0 fully saturated rings. The van der Waals surface area contributed by atoms with Crippen LogP contribution in [0.1, 0.15) is 23.7 Å². The third-order valence-electron chi connectivity index (χ3n) is 2.83. The van der Waals surface area contributed by atoms with Gasteiger partial charge in [-0.2, -0.15) is 0 Å². The smallest absolute Gasteiger partial charge is 0.308 e. The van der Waals surface area contributed by atoms with E-state index >= 15 is 0 Å². The summed E-state index contributed by atoms with van der Waals surface area (Å²) in [5.74, 6) is -5.91. The number of carboxylic acids is 1. The lowest BCUT2D eigenvalue weighted by molar-refractivity contribution is -0.385. The second-order valence-electron chi connectivity index (χ2n) is 4.19. The Balaban J connectivity index is 2.99. The van der Waals surface area contributed by atoms with E-state index < -0.39 is 45.6 Å². The highest BCUT2D eigenvalue weighted by molar-refractivity contribution is 5.98. The van der Waals surface area contributed by atoms with Crippen LogP contribution in [0.2, 0.25) is 0 Å². The molecule has 2 N–H and O–H groups in total. The maximum Gasteiger partial charge on any atom is 0.308 e. The molecule has 0 aromatic heterocycles. The molecule has 9 heteroatoms. The van der Waals surface area contributed by atoms with E-state index in [9.17, 15) is 28.5 Å². The minimum Gasteiger partial charge on any atom is -0.481 e. The van der Waals surface area contributed by atoms with Gasteiger partial charge in [0.25, 0.3) is 11.6 Å². The number of aliphatic carboxylic acids is 1. The van der Waals surface area contributed by atoms with Gasteiger partial charge in [0.2, 0.25) is 0 Å². The molecular formula is C12H12F2N2O5. The van der Waals surface area contributed by atoms with E-state index in [2.05, 4.69) is 5.32 Å². The van der Waals surface area contributed by atoms with Crippen molar-refractivity contribution in [1.82, 2.24) is 5.32 Å². The number of carbonyl (C=O) groups excluding carboxylic acids is 1. The monoisotopic (exact) mass is 302 g/mol. The lowest BCUT2D eigenvalue weighted by Crippen LogP contribution is -2.33. The van der Waals surface area contributed by atoms with Gasteiger partial charge in [-0.1, -0.05) is 6.92 Å². The molecule has 0 radical (unpaired) electrons. The standard InChI is InChI=1S/C12H12F2N2O5/c1-2-6(12(18)19)5-15-11(17)7-3-8(13)9(14)4-10(7)16(20)21/h3-4,6H,2,5H2,1H3,(H,15,17)(H,18,19). The average molecular weight is 302 g/mol. The quantitative estimate of drug-likeness (QED) is 0.614. The highest BCUT2D eigenvalue weighted by Crippen LogP contribution is 2.22. The van der Waals surface area contributed by atoms with Crippen molar-refractivity contribution in [3.05, 3.63) is 39.4 Å². The Kier molecular flexibility index (Phi) is 5.28. The van der Waals surface area contributed by atoms with Gasteiger partial charge in [-0.3, -0.25) is 19.7 Å². The number of hydrogen-bond donors (Lipinski definition) is 2. The van der Waals surface area contributed by atoms with E-state index in [4.69, 9.17) is 5.11 Å². The van der Waals surface area contributed by atoms with E-state index in [1.807, 2.05) is 0 Å². The van der Waals surface area contributed by atoms with E-state index in [1.54, 1.807) is 6.92 Å². The molecule has 1 aromatic carbocycles. The van der Waals surface area contributed by atoms with Crippen molar-refractivity contribution < 1.29 is 28.4 Å². The highest BCUT2D eigenvalue weighted by Gasteiger charge is 2.25. The second kappa shape index (κ2) is 6.73. The Morgan fingerprint density at radius 2 is 1.95 bits per heavy atom. The summed E-state index contributed by atoms with van der Waals surface area (Å²) in [7, 11) is 0. The molecular weight excluding hydrogens is 290 g/mol. The van der Waals surface area contributed by atoms with Crippen LogP contribution in [0.4, 0.5) is 14.5 Å². The molecule has 0 aliphatic rings. The van der Waals surface area contributed by atoms with E-state index in [-0.39, 0.29) is 13.0 Å². The lowest BCUT2D eigenvalue weighted by atomic mass is 10.1. The molecule has 1 atom stereocenters. The molecule has 1 unspecified atom stereocenters. The maximum atomic E-state index is 13.1. The van der Waals surface area contributed by atoms with Crippen molar-refractivity contribution in [1.29, 1.82) is 0 Å². The predicted molar refractivity (Wildman–Crippen MR) is 66.8 cm³/mol. The highest BCUT2D eigenvalue weighted by atomic mass is 19.2.